The average molecular weight is 241 g/mol. The van der Waals surface area contributed by atoms with Crippen LogP contribution in [-0.2, 0) is 0 Å². The lowest BCUT2D eigenvalue weighted by Crippen LogP contribution is -2.29. The molecule has 0 aliphatic heterocycles. The van der Waals surface area contributed by atoms with E-state index in [-0.39, 0.29) is 5.82 Å². The third-order valence-electron chi connectivity index (χ3n) is 2.41. The molecule has 0 saturated heterocycles. The van der Waals surface area contributed by atoms with Crippen molar-refractivity contribution in [3.05, 3.63) is 30.1 Å². The van der Waals surface area contributed by atoms with Crippen LogP contribution in [0.3, 0.4) is 0 Å². The molecule has 0 radical (unpaired) electrons. The molecule has 0 spiro atoms. The van der Waals surface area contributed by atoms with Crippen LogP contribution in [0.15, 0.2) is 29.2 Å². The van der Waals surface area contributed by atoms with Gasteiger partial charge in [-0.25, -0.2) is 4.39 Å². The molecule has 1 atom stereocenters. The van der Waals surface area contributed by atoms with Gasteiger partial charge in [0.1, 0.15) is 5.82 Å². The summed E-state index contributed by atoms with van der Waals surface area (Å²) < 4.78 is 13.0. The molecule has 90 valence electrons. The van der Waals surface area contributed by atoms with Crippen LogP contribution in [0.4, 0.5) is 4.39 Å². The molecule has 3 heteroatoms. The summed E-state index contributed by atoms with van der Waals surface area (Å²) >= 11 is 1.71. The lowest BCUT2D eigenvalue weighted by molar-refractivity contribution is 0.474. The lowest BCUT2D eigenvalue weighted by atomic mass is 10.1. The Morgan fingerprint density at radius 3 is 2.69 bits per heavy atom. The highest BCUT2D eigenvalue weighted by molar-refractivity contribution is 7.99. The summed E-state index contributed by atoms with van der Waals surface area (Å²) in [5, 5.41) is 3.30. The van der Waals surface area contributed by atoms with Crippen molar-refractivity contribution in [3.63, 3.8) is 0 Å². The highest BCUT2D eigenvalue weighted by atomic mass is 32.2. The molecule has 0 aliphatic carbocycles. The van der Waals surface area contributed by atoms with Crippen LogP contribution in [0.1, 0.15) is 20.3 Å². The van der Waals surface area contributed by atoms with Crippen molar-refractivity contribution in [2.75, 3.05) is 12.8 Å². The van der Waals surface area contributed by atoms with Gasteiger partial charge in [0.25, 0.3) is 0 Å². The van der Waals surface area contributed by atoms with Gasteiger partial charge < -0.3 is 5.32 Å². The zero-order valence-electron chi connectivity index (χ0n) is 10.2. The van der Waals surface area contributed by atoms with Gasteiger partial charge >= 0.3 is 0 Å². The quantitative estimate of drug-likeness (QED) is 0.764. The van der Waals surface area contributed by atoms with Gasteiger partial charge in [-0.1, -0.05) is 19.9 Å². The highest BCUT2D eigenvalue weighted by Crippen LogP contribution is 2.21. The van der Waals surface area contributed by atoms with Crippen molar-refractivity contribution in [2.45, 2.75) is 31.2 Å². The molecule has 1 N–H and O–H groups in total. The molecule has 0 aromatic heterocycles. The molecule has 0 heterocycles. The second-order valence-electron chi connectivity index (χ2n) is 4.38. The molecule has 0 fully saturated rings. The number of thioether (sulfide) groups is 1. The smallest absolute Gasteiger partial charge is 0.124 e. The third kappa shape index (κ3) is 4.99. The number of halogens is 1. The van der Waals surface area contributed by atoms with Crippen LogP contribution < -0.4 is 5.32 Å². The second-order valence-corrected chi connectivity index (χ2v) is 5.48. The minimum absolute atomic E-state index is 0.158. The third-order valence-corrected chi connectivity index (χ3v) is 3.57. The summed E-state index contributed by atoms with van der Waals surface area (Å²) in [4.78, 5) is 1.00. The summed E-state index contributed by atoms with van der Waals surface area (Å²) in [6, 6.07) is 7.28. The van der Waals surface area contributed by atoms with Crippen molar-refractivity contribution in [1.29, 1.82) is 0 Å². The number of rotatable bonds is 6. The SMILES string of the molecule is CNC(CSc1cccc(F)c1)CC(C)C. The van der Waals surface area contributed by atoms with E-state index in [9.17, 15) is 4.39 Å². The van der Waals surface area contributed by atoms with E-state index in [1.807, 2.05) is 13.1 Å². The number of benzene rings is 1. The Kier molecular flexibility index (Phi) is 5.85. The van der Waals surface area contributed by atoms with Crippen molar-refractivity contribution < 1.29 is 4.39 Å². The molecule has 1 aromatic carbocycles. The maximum absolute atomic E-state index is 13.0. The van der Waals surface area contributed by atoms with Gasteiger partial charge in [0.15, 0.2) is 0 Å². The molecule has 1 rings (SSSR count). The van der Waals surface area contributed by atoms with Crippen molar-refractivity contribution >= 4 is 11.8 Å². The van der Waals surface area contributed by atoms with E-state index < -0.39 is 0 Å². The van der Waals surface area contributed by atoms with Crippen LogP contribution in [0.2, 0.25) is 0 Å². The van der Waals surface area contributed by atoms with E-state index in [2.05, 4.69) is 19.2 Å². The first-order valence-corrected chi connectivity index (χ1v) is 6.66. The Morgan fingerprint density at radius 2 is 2.12 bits per heavy atom. The van der Waals surface area contributed by atoms with Crippen LogP contribution in [0.25, 0.3) is 0 Å². The van der Waals surface area contributed by atoms with Crippen LogP contribution >= 0.6 is 11.8 Å². The molecule has 1 unspecified atom stereocenters. The Morgan fingerprint density at radius 1 is 1.38 bits per heavy atom. The Balaban J connectivity index is 2.43. The fourth-order valence-corrected chi connectivity index (χ4v) is 2.66. The first-order chi connectivity index (χ1) is 7.61. The van der Waals surface area contributed by atoms with Gasteiger partial charge in [-0.15, -0.1) is 11.8 Å². The predicted molar refractivity (Wildman–Crippen MR) is 69.4 cm³/mol. The minimum Gasteiger partial charge on any atom is -0.316 e. The monoisotopic (exact) mass is 241 g/mol. The van der Waals surface area contributed by atoms with Crippen LogP contribution in [-0.4, -0.2) is 18.8 Å². The van der Waals surface area contributed by atoms with Crippen molar-refractivity contribution in [1.82, 2.24) is 5.32 Å². The van der Waals surface area contributed by atoms with Gasteiger partial charge in [0.05, 0.1) is 0 Å². The number of nitrogens with one attached hydrogen (secondary N) is 1. The lowest BCUT2D eigenvalue weighted by Gasteiger charge is -2.17. The molecule has 0 saturated carbocycles. The summed E-state index contributed by atoms with van der Waals surface area (Å²) in [6.45, 7) is 4.44. The fourth-order valence-electron chi connectivity index (χ4n) is 1.59. The summed E-state index contributed by atoms with van der Waals surface area (Å²) in [7, 11) is 1.99. The van der Waals surface area contributed by atoms with Crippen molar-refractivity contribution in [2.24, 2.45) is 5.92 Å². The molecule has 0 bridgehead atoms. The van der Waals surface area contributed by atoms with E-state index in [0.29, 0.717) is 12.0 Å². The fraction of sp³-hybridized carbons (Fsp3) is 0.538. The number of hydrogen-bond acceptors (Lipinski definition) is 2. The zero-order chi connectivity index (χ0) is 12.0. The van der Waals surface area contributed by atoms with E-state index in [0.717, 1.165) is 17.1 Å². The van der Waals surface area contributed by atoms with Crippen LogP contribution in [0.5, 0.6) is 0 Å². The van der Waals surface area contributed by atoms with E-state index in [1.54, 1.807) is 23.9 Å². The van der Waals surface area contributed by atoms with Gasteiger partial charge in [-0.3, -0.25) is 0 Å². The molecule has 16 heavy (non-hydrogen) atoms. The van der Waals surface area contributed by atoms with Gasteiger partial charge in [-0.05, 0) is 37.6 Å². The standard InChI is InChI=1S/C13H20FNS/c1-10(2)7-12(15-3)9-16-13-6-4-5-11(14)8-13/h4-6,8,10,12,15H,7,9H2,1-3H3. The zero-order valence-corrected chi connectivity index (χ0v) is 11.0. The first-order valence-electron chi connectivity index (χ1n) is 5.67. The first kappa shape index (κ1) is 13.5. The predicted octanol–water partition coefficient (Wildman–Crippen LogP) is 3.55. The van der Waals surface area contributed by atoms with E-state index in [4.69, 9.17) is 0 Å². The normalized spacial score (nSPS) is 13.1. The van der Waals surface area contributed by atoms with Gasteiger partial charge in [0.2, 0.25) is 0 Å². The average Bonchev–Trinajstić information content (AvgIpc) is 2.24. The minimum atomic E-state index is -0.158. The summed E-state index contributed by atoms with van der Waals surface area (Å²) in [5.41, 5.74) is 0. The van der Waals surface area contributed by atoms with Crippen molar-refractivity contribution in [3.8, 4) is 0 Å². The van der Waals surface area contributed by atoms with Gasteiger partial charge in [-0.2, -0.15) is 0 Å². The van der Waals surface area contributed by atoms with E-state index in [1.165, 1.54) is 6.07 Å². The topological polar surface area (TPSA) is 12.0 Å². The van der Waals surface area contributed by atoms with Gasteiger partial charge in [0, 0.05) is 16.7 Å². The maximum atomic E-state index is 13.0. The summed E-state index contributed by atoms with van der Waals surface area (Å²) in [5.74, 6) is 1.51. The molecule has 1 nitrogen and oxygen atoms in total. The molecule has 1 aromatic rings. The maximum Gasteiger partial charge on any atom is 0.124 e. The highest BCUT2D eigenvalue weighted by Gasteiger charge is 2.09. The van der Waals surface area contributed by atoms with Crippen LogP contribution in [0, 0.1) is 11.7 Å². The molecular weight excluding hydrogens is 221 g/mol. The summed E-state index contributed by atoms with van der Waals surface area (Å²) in [6.07, 6.45) is 1.15. The molecular formula is C13H20FNS. The Hall–Kier alpha value is -0.540. The van der Waals surface area contributed by atoms with E-state index >= 15 is 0 Å². The Bertz CT molecular complexity index is 315. The molecule has 0 amide bonds. The second kappa shape index (κ2) is 6.92. The number of hydrogen-bond donors (Lipinski definition) is 1. The largest absolute Gasteiger partial charge is 0.316 e. The molecule has 0 aliphatic rings. The Labute approximate surface area is 102 Å².